The van der Waals surface area contributed by atoms with Gasteiger partial charge in [-0.3, -0.25) is 4.79 Å². The van der Waals surface area contributed by atoms with Crippen LogP contribution in [-0.2, 0) is 7.05 Å². The second-order valence-electron chi connectivity index (χ2n) is 4.93. The van der Waals surface area contributed by atoms with Crippen molar-refractivity contribution >= 4 is 49.0 Å². The van der Waals surface area contributed by atoms with Gasteiger partial charge in [0.15, 0.2) is 9.81 Å². The topological polar surface area (TPSA) is 47.2 Å². The normalized spacial score (nSPS) is 12.3. The predicted molar refractivity (Wildman–Crippen MR) is 90.3 cm³/mol. The molecule has 0 aliphatic heterocycles. The number of amides is 1. The molecule has 4 aromatic rings. The monoisotopic (exact) mass is 343 g/mol. The fourth-order valence-corrected chi connectivity index (χ4v) is 4.24. The van der Waals surface area contributed by atoms with E-state index in [9.17, 15) is 9.18 Å². The van der Waals surface area contributed by atoms with Gasteiger partial charge in [-0.25, -0.2) is 9.37 Å². The fourth-order valence-electron chi connectivity index (χ4n) is 2.36. The van der Waals surface area contributed by atoms with Crippen LogP contribution < -0.4 is 4.80 Å². The molecule has 7 heteroatoms. The zero-order valence-electron chi connectivity index (χ0n) is 12.0. The van der Waals surface area contributed by atoms with Crippen LogP contribution >= 0.6 is 22.7 Å². The van der Waals surface area contributed by atoms with Crippen LogP contribution in [0.1, 0.15) is 9.80 Å². The number of nitrogens with zero attached hydrogens (tertiary/aromatic N) is 3. The standard InChI is InChI=1S/C16H10FN3OS2/c1-20-13-9(17)5-4-8-12(13)23-16(20)19-14(21)15-18-10-6-2-3-7-11(10)22-15/h2-8H,1H3. The first-order chi connectivity index (χ1) is 11.1. The summed E-state index contributed by atoms with van der Waals surface area (Å²) in [6.07, 6.45) is 0. The second-order valence-corrected chi connectivity index (χ2v) is 6.97. The lowest BCUT2D eigenvalue weighted by molar-refractivity contribution is 0.0998. The van der Waals surface area contributed by atoms with Crippen molar-refractivity contribution in [2.75, 3.05) is 0 Å². The van der Waals surface area contributed by atoms with Crippen molar-refractivity contribution in [1.82, 2.24) is 9.55 Å². The van der Waals surface area contributed by atoms with Crippen molar-refractivity contribution in [1.29, 1.82) is 0 Å². The summed E-state index contributed by atoms with van der Waals surface area (Å²) in [6.45, 7) is 0. The number of aryl methyl sites for hydroxylation is 1. The largest absolute Gasteiger partial charge is 0.317 e. The van der Waals surface area contributed by atoms with E-state index in [2.05, 4.69) is 9.98 Å². The molecule has 0 atom stereocenters. The van der Waals surface area contributed by atoms with Crippen LogP contribution in [0, 0.1) is 5.82 Å². The molecule has 0 saturated heterocycles. The minimum Gasteiger partial charge on any atom is -0.317 e. The highest BCUT2D eigenvalue weighted by atomic mass is 32.1. The van der Waals surface area contributed by atoms with Gasteiger partial charge in [-0.1, -0.05) is 29.5 Å². The number of benzene rings is 2. The number of hydrogen-bond acceptors (Lipinski definition) is 4. The summed E-state index contributed by atoms with van der Waals surface area (Å²) in [5.41, 5.74) is 1.23. The molecule has 0 aliphatic rings. The third-order valence-corrected chi connectivity index (χ3v) is 5.57. The van der Waals surface area contributed by atoms with Crippen molar-refractivity contribution in [3.05, 3.63) is 58.1 Å². The van der Waals surface area contributed by atoms with Crippen molar-refractivity contribution in [3.8, 4) is 0 Å². The number of carbonyl (C=O) groups excluding carboxylic acids is 1. The number of para-hydroxylation sites is 2. The Kier molecular flexibility index (Phi) is 3.32. The van der Waals surface area contributed by atoms with Gasteiger partial charge in [-0.05, 0) is 24.3 Å². The summed E-state index contributed by atoms with van der Waals surface area (Å²) < 4.78 is 17.2. The highest BCUT2D eigenvalue weighted by molar-refractivity contribution is 7.20. The summed E-state index contributed by atoms with van der Waals surface area (Å²) >= 11 is 2.59. The molecule has 4 rings (SSSR count). The molecule has 0 N–H and O–H groups in total. The third kappa shape index (κ3) is 2.38. The van der Waals surface area contributed by atoms with E-state index in [0.717, 1.165) is 14.9 Å². The van der Waals surface area contributed by atoms with Crippen LogP contribution in [0.4, 0.5) is 4.39 Å². The van der Waals surface area contributed by atoms with E-state index in [1.165, 1.54) is 28.7 Å². The molecular weight excluding hydrogens is 333 g/mol. The van der Waals surface area contributed by atoms with Gasteiger partial charge in [0.05, 0.1) is 20.4 Å². The van der Waals surface area contributed by atoms with Gasteiger partial charge in [-0.15, -0.1) is 11.3 Å². The Balaban J connectivity index is 1.85. The average molecular weight is 343 g/mol. The highest BCUT2D eigenvalue weighted by Crippen LogP contribution is 2.22. The van der Waals surface area contributed by atoms with E-state index >= 15 is 0 Å². The zero-order valence-corrected chi connectivity index (χ0v) is 13.6. The van der Waals surface area contributed by atoms with Crippen molar-refractivity contribution < 1.29 is 9.18 Å². The molecule has 1 amide bonds. The van der Waals surface area contributed by atoms with E-state index in [1.54, 1.807) is 17.7 Å². The molecule has 0 unspecified atom stereocenters. The maximum atomic E-state index is 13.9. The van der Waals surface area contributed by atoms with Gasteiger partial charge < -0.3 is 4.57 Å². The Bertz CT molecular complexity index is 1090. The van der Waals surface area contributed by atoms with Gasteiger partial charge in [-0.2, -0.15) is 4.99 Å². The molecule has 114 valence electrons. The maximum Gasteiger partial charge on any atom is 0.308 e. The second kappa shape index (κ2) is 5.36. The minimum atomic E-state index is -0.409. The van der Waals surface area contributed by atoms with Crippen LogP contribution in [0.25, 0.3) is 20.4 Å². The van der Waals surface area contributed by atoms with Gasteiger partial charge in [0.2, 0.25) is 0 Å². The van der Waals surface area contributed by atoms with Crippen LogP contribution in [0.5, 0.6) is 0 Å². The molecule has 0 aliphatic carbocycles. The Morgan fingerprint density at radius 3 is 2.70 bits per heavy atom. The summed E-state index contributed by atoms with van der Waals surface area (Å²) in [7, 11) is 1.70. The minimum absolute atomic E-state index is 0.324. The highest BCUT2D eigenvalue weighted by Gasteiger charge is 2.13. The fraction of sp³-hybridized carbons (Fsp3) is 0.0625. The Morgan fingerprint density at radius 1 is 1.13 bits per heavy atom. The quantitative estimate of drug-likeness (QED) is 0.529. The van der Waals surface area contributed by atoms with Crippen molar-refractivity contribution in [2.45, 2.75) is 0 Å². The van der Waals surface area contributed by atoms with Gasteiger partial charge in [0.1, 0.15) is 5.82 Å². The number of aromatic nitrogens is 2. The Labute approximate surface area is 138 Å². The van der Waals surface area contributed by atoms with Crippen LogP contribution in [-0.4, -0.2) is 15.5 Å². The summed E-state index contributed by atoms with van der Waals surface area (Å²) in [4.78, 5) is 21.3. The number of thiazole rings is 2. The number of carbonyl (C=O) groups is 1. The number of fused-ring (bicyclic) bond motifs is 2. The number of halogens is 1. The lowest BCUT2D eigenvalue weighted by Crippen LogP contribution is -2.13. The zero-order chi connectivity index (χ0) is 16.0. The molecule has 0 fully saturated rings. The van der Waals surface area contributed by atoms with E-state index in [-0.39, 0.29) is 5.82 Å². The summed E-state index contributed by atoms with van der Waals surface area (Å²) in [5.74, 6) is -0.732. The van der Waals surface area contributed by atoms with Crippen molar-refractivity contribution in [2.24, 2.45) is 12.0 Å². The maximum absolute atomic E-state index is 13.9. The first-order valence-corrected chi connectivity index (χ1v) is 8.45. The molecule has 2 aromatic heterocycles. The first kappa shape index (κ1) is 14.2. The molecular formula is C16H10FN3OS2. The lowest BCUT2D eigenvalue weighted by atomic mass is 10.3. The molecule has 0 spiro atoms. The Hall–Kier alpha value is -2.38. The molecule has 23 heavy (non-hydrogen) atoms. The van der Waals surface area contributed by atoms with E-state index in [1.807, 2.05) is 30.3 Å². The van der Waals surface area contributed by atoms with E-state index < -0.39 is 5.91 Å². The Morgan fingerprint density at radius 2 is 1.91 bits per heavy atom. The lowest BCUT2D eigenvalue weighted by Gasteiger charge is -1.95. The summed E-state index contributed by atoms with van der Waals surface area (Å²) in [6, 6.07) is 12.4. The molecule has 2 aromatic carbocycles. The molecule has 0 radical (unpaired) electrons. The molecule has 0 saturated carbocycles. The van der Waals surface area contributed by atoms with Gasteiger partial charge in [0, 0.05) is 7.05 Å². The number of rotatable bonds is 1. The van der Waals surface area contributed by atoms with Crippen LogP contribution in [0.15, 0.2) is 47.5 Å². The van der Waals surface area contributed by atoms with Crippen LogP contribution in [0.2, 0.25) is 0 Å². The first-order valence-electron chi connectivity index (χ1n) is 6.82. The van der Waals surface area contributed by atoms with Crippen molar-refractivity contribution in [3.63, 3.8) is 0 Å². The predicted octanol–water partition coefficient (Wildman–Crippen LogP) is 3.73. The molecule has 4 nitrogen and oxygen atoms in total. The van der Waals surface area contributed by atoms with Gasteiger partial charge >= 0.3 is 5.91 Å². The van der Waals surface area contributed by atoms with Gasteiger partial charge in [0.25, 0.3) is 0 Å². The van der Waals surface area contributed by atoms with Crippen LogP contribution in [0.3, 0.4) is 0 Å². The molecule has 0 bridgehead atoms. The SMILES string of the molecule is Cn1c(=NC(=O)c2nc3ccccc3s2)sc2cccc(F)c21. The third-order valence-electron chi connectivity index (χ3n) is 3.45. The smallest absolute Gasteiger partial charge is 0.308 e. The number of hydrogen-bond donors (Lipinski definition) is 0. The van der Waals surface area contributed by atoms with E-state index in [0.29, 0.717) is 15.3 Å². The molecule has 2 heterocycles. The summed E-state index contributed by atoms with van der Waals surface area (Å²) in [5, 5.41) is 0.337. The average Bonchev–Trinajstić information content (AvgIpc) is 3.10. The van der Waals surface area contributed by atoms with E-state index in [4.69, 9.17) is 0 Å².